The minimum absolute atomic E-state index is 0.233. The van der Waals surface area contributed by atoms with Crippen LogP contribution in [0.2, 0.25) is 5.02 Å². The Morgan fingerprint density at radius 1 is 1.10 bits per heavy atom. The van der Waals surface area contributed by atoms with Crippen molar-refractivity contribution >= 4 is 76.9 Å². The number of hydrogen-bond acceptors (Lipinski definition) is 8. The number of anilines is 1. The SMILES string of the molecule is COc1cc2sc(/C=C(C)\C=C3\Sc4ccc(Cl)cc4N3CCCS(=O)(=O)O)[n+](CCCS(=O)(=O)O)c2cc1C. The third-order valence-electron chi connectivity index (χ3n) is 6.21. The molecule has 0 bridgehead atoms. The molecule has 2 aromatic carbocycles. The van der Waals surface area contributed by atoms with Gasteiger partial charge in [-0.2, -0.15) is 21.4 Å². The van der Waals surface area contributed by atoms with Crippen LogP contribution in [0.15, 0.2) is 51.9 Å². The van der Waals surface area contributed by atoms with E-state index < -0.39 is 20.2 Å². The van der Waals surface area contributed by atoms with Gasteiger partial charge >= 0.3 is 0 Å². The minimum atomic E-state index is -4.08. The van der Waals surface area contributed by atoms with E-state index in [9.17, 15) is 25.9 Å². The van der Waals surface area contributed by atoms with Crippen LogP contribution in [0, 0.1) is 6.92 Å². The molecule has 0 aliphatic carbocycles. The number of rotatable bonds is 11. The van der Waals surface area contributed by atoms with E-state index in [0.29, 0.717) is 18.1 Å². The standard InChI is InChI=1S/C26H29ClN2O7S4/c1-17(12-25-29(9-5-11-40(33,34)35)21-15-19(27)6-7-23(21)37-25)13-26-28(8-4-10-39(30,31)32)20-14-18(2)22(36-3)16-24(20)38-26/h6-7,12-16H,4-5,8-11H2,1-3H3,(H-,30,31,32,33,34,35)/p+1. The summed E-state index contributed by atoms with van der Waals surface area (Å²) in [6.45, 7) is 4.67. The number of thiazole rings is 1. The van der Waals surface area contributed by atoms with Gasteiger partial charge in [0.15, 0.2) is 6.54 Å². The third kappa shape index (κ3) is 7.78. The molecular formula is C26H30ClN2O7S4+. The van der Waals surface area contributed by atoms with Crippen LogP contribution in [0.5, 0.6) is 5.75 Å². The van der Waals surface area contributed by atoms with Crippen LogP contribution in [-0.4, -0.2) is 51.1 Å². The van der Waals surface area contributed by atoms with Gasteiger partial charge in [0, 0.05) is 41.1 Å². The van der Waals surface area contributed by atoms with Crippen LogP contribution in [-0.2, 0) is 26.8 Å². The first-order chi connectivity index (χ1) is 18.7. The van der Waals surface area contributed by atoms with E-state index in [1.165, 1.54) is 0 Å². The van der Waals surface area contributed by atoms with Crippen LogP contribution in [0.3, 0.4) is 0 Å². The fourth-order valence-electron chi connectivity index (χ4n) is 4.44. The molecule has 0 spiro atoms. The fourth-order valence-corrected chi connectivity index (χ4v) is 7.99. The van der Waals surface area contributed by atoms with Gasteiger partial charge in [-0.05, 0) is 55.7 Å². The lowest BCUT2D eigenvalue weighted by Crippen LogP contribution is -2.36. The molecule has 0 amide bonds. The molecule has 0 saturated heterocycles. The number of thioether (sulfide) groups is 1. The molecule has 0 saturated carbocycles. The summed E-state index contributed by atoms with van der Waals surface area (Å²) in [6.07, 6.45) is 4.50. The third-order valence-corrected chi connectivity index (χ3v) is 10.3. The second-order valence-corrected chi connectivity index (χ2v) is 15.1. The zero-order valence-corrected chi connectivity index (χ0v) is 26.1. The first-order valence-corrected chi connectivity index (χ1v) is 17.5. The van der Waals surface area contributed by atoms with Crippen molar-refractivity contribution in [3.05, 3.63) is 62.6 Å². The smallest absolute Gasteiger partial charge is 0.265 e. The number of aryl methyl sites for hydroxylation is 2. The van der Waals surface area contributed by atoms with Crippen molar-refractivity contribution < 1.29 is 35.2 Å². The molecule has 3 aromatic rings. The Bertz CT molecular complexity index is 1710. The first kappa shape index (κ1) is 30.8. The van der Waals surface area contributed by atoms with E-state index in [4.69, 9.17) is 16.3 Å². The van der Waals surface area contributed by atoms with Crippen LogP contribution in [0.1, 0.15) is 30.3 Å². The van der Waals surface area contributed by atoms with E-state index in [-0.39, 0.29) is 24.3 Å². The predicted molar refractivity (Wildman–Crippen MR) is 162 cm³/mol. The number of nitrogens with zero attached hydrogens (tertiary/aromatic N) is 2. The van der Waals surface area contributed by atoms with Gasteiger partial charge in [0.2, 0.25) is 5.52 Å². The number of hydrogen-bond donors (Lipinski definition) is 2. The van der Waals surface area contributed by atoms with Gasteiger partial charge in [-0.3, -0.25) is 9.11 Å². The molecule has 9 nitrogen and oxygen atoms in total. The van der Waals surface area contributed by atoms with Crippen molar-refractivity contribution in [2.24, 2.45) is 0 Å². The Balaban J connectivity index is 1.71. The summed E-state index contributed by atoms with van der Waals surface area (Å²) >= 11 is 9.34. The lowest BCUT2D eigenvalue weighted by molar-refractivity contribution is -0.668. The van der Waals surface area contributed by atoms with E-state index in [0.717, 1.165) is 47.7 Å². The maximum absolute atomic E-state index is 11.3. The van der Waals surface area contributed by atoms with Gasteiger partial charge in [-0.1, -0.05) is 34.7 Å². The summed E-state index contributed by atoms with van der Waals surface area (Å²) in [5.41, 5.74) is 3.68. The number of halogens is 1. The normalized spacial score (nSPS) is 15.3. The van der Waals surface area contributed by atoms with Crippen molar-refractivity contribution in [1.29, 1.82) is 0 Å². The highest BCUT2D eigenvalue weighted by atomic mass is 35.5. The Kier molecular flexibility index (Phi) is 9.55. The van der Waals surface area contributed by atoms with Gasteiger partial charge in [0.05, 0.1) is 29.3 Å². The molecule has 0 radical (unpaired) electrons. The van der Waals surface area contributed by atoms with Gasteiger partial charge in [-0.15, -0.1) is 0 Å². The molecule has 0 atom stereocenters. The largest absolute Gasteiger partial charge is 0.496 e. The summed E-state index contributed by atoms with van der Waals surface area (Å²) in [7, 11) is -6.54. The monoisotopic (exact) mass is 645 g/mol. The lowest BCUT2D eigenvalue weighted by atomic mass is 10.2. The second kappa shape index (κ2) is 12.4. The number of ether oxygens (including phenoxy) is 1. The number of benzene rings is 2. The number of aromatic nitrogens is 1. The van der Waals surface area contributed by atoms with E-state index in [2.05, 4.69) is 0 Å². The van der Waals surface area contributed by atoms with Crippen LogP contribution >= 0.6 is 34.7 Å². The molecule has 0 fully saturated rings. The van der Waals surface area contributed by atoms with Crippen molar-refractivity contribution in [1.82, 2.24) is 0 Å². The molecule has 1 aliphatic rings. The van der Waals surface area contributed by atoms with E-state index in [1.807, 2.05) is 59.7 Å². The molecular weight excluding hydrogens is 616 g/mol. The van der Waals surface area contributed by atoms with Crippen molar-refractivity contribution in [2.75, 3.05) is 30.1 Å². The minimum Gasteiger partial charge on any atom is -0.496 e. The van der Waals surface area contributed by atoms with Crippen LogP contribution < -0.4 is 14.2 Å². The molecule has 216 valence electrons. The number of fused-ring (bicyclic) bond motifs is 2. The van der Waals surface area contributed by atoms with Crippen molar-refractivity contribution in [3.63, 3.8) is 0 Å². The summed E-state index contributed by atoms with van der Waals surface area (Å²) in [4.78, 5) is 2.98. The van der Waals surface area contributed by atoms with E-state index >= 15 is 0 Å². The molecule has 14 heteroatoms. The highest BCUT2D eigenvalue weighted by Gasteiger charge is 2.26. The summed E-state index contributed by atoms with van der Waals surface area (Å²) < 4.78 is 72.2. The Hall–Kier alpha value is -2.13. The van der Waals surface area contributed by atoms with Gasteiger partial charge < -0.3 is 9.64 Å². The average molecular weight is 646 g/mol. The summed E-state index contributed by atoms with van der Waals surface area (Å²) in [5, 5.41) is 2.35. The van der Waals surface area contributed by atoms with Gasteiger partial charge in [0.1, 0.15) is 10.4 Å². The second-order valence-electron chi connectivity index (χ2n) is 9.40. The highest BCUT2D eigenvalue weighted by molar-refractivity contribution is 8.03. The lowest BCUT2D eigenvalue weighted by Gasteiger charge is -2.20. The molecule has 4 rings (SSSR count). The molecule has 2 N–H and O–H groups in total. The summed E-state index contributed by atoms with van der Waals surface area (Å²) in [5.74, 6) is 0.0715. The van der Waals surface area contributed by atoms with Crippen LogP contribution in [0.25, 0.3) is 16.3 Å². The first-order valence-electron chi connectivity index (χ1n) is 12.3. The number of methoxy groups -OCH3 is 1. The quantitative estimate of drug-likeness (QED) is 0.203. The molecule has 0 unspecified atom stereocenters. The van der Waals surface area contributed by atoms with Gasteiger partial charge in [-0.25, -0.2) is 0 Å². The van der Waals surface area contributed by atoms with Crippen molar-refractivity contribution in [2.45, 2.75) is 38.1 Å². The molecule has 1 aliphatic heterocycles. The zero-order valence-electron chi connectivity index (χ0n) is 22.1. The predicted octanol–water partition coefficient (Wildman–Crippen LogP) is 5.57. The number of allylic oxidation sites excluding steroid dienone is 2. The van der Waals surface area contributed by atoms with E-state index in [1.54, 1.807) is 36.3 Å². The average Bonchev–Trinajstić information content (AvgIpc) is 3.33. The maximum atomic E-state index is 11.3. The highest BCUT2D eigenvalue weighted by Crippen LogP contribution is 2.47. The fraction of sp³-hybridized carbons (Fsp3) is 0.346. The van der Waals surface area contributed by atoms with Crippen molar-refractivity contribution in [3.8, 4) is 5.75 Å². The topological polar surface area (TPSA) is 125 Å². The van der Waals surface area contributed by atoms with Gasteiger partial charge in [0.25, 0.3) is 25.2 Å². The molecule has 2 heterocycles. The Morgan fingerprint density at radius 3 is 2.48 bits per heavy atom. The Morgan fingerprint density at radius 2 is 1.80 bits per heavy atom. The zero-order chi connectivity index (χ0) is 29.2. The van der Waals surface area contributed by atoms with Crippen LogP contribution in [0.4, 0.5) is 5.69 Å². The molecule has 40 heavy (non-hydrogen) atoms. The maximum Gasteiger partial charge on any atom is 0.265 e. The molecule has 1 aromatic heterocycles. The summed E-state index contributed by atoms with van der Waals surface area (Å²) in [6, 6.07) is 9.53. The Labute approximate surface area is 247 Å².